The van der Waals surface area contributed by atoms with Crippen LogP contribution in [0.15, 0.2) is 24.3 Å². The van der Waals surface area contributed by atoms with Gasteiger partial charge in [0.1, 0.15) is 0 Å². The Hall–Kier alpha value is -0.820. The van der Waals surface area contributed by atoms with Crippen molar-refractivity contribution in [1.29, 1.82) is 0 Å². The van der Waals surface area contributed by atoms with Gasteiger partial charge in [-0.05, 0) is 60.0 Å². The summed E-state index contributed by atoms with van der Waals surface area (Å²) in [5, 5.41) is 3.77. The van der Waals surface area contributed by atoms with Gasteiger partial charge in [0, 0.05) is 12.6 Å². The minimum atomic E-state index is 0.256. The standard InChI is InChI=1S/C20H31N/c1-19(2,3)16-7-5-15(6-8-16)13-20(4,17-9-10-17)14-21-18-11-12-18/h5-8,17-18,21H,9-14H2,1-4H3. The average Bonchev–Trinajstić information content (AvgIpc) is 3.28. The van der Waals surface area contributed by atoms with Crippen LogP contribution in [0.5, 0.6) is 0 Å². The quantitative estimate of drug-likeness (QED) is 0.799. The Bertz CT molecular complexity index is 474. The van der Waals surface area contributed by atoms with Crippen molar-refractivity contribution in [3.8, 4) is 0 Å². The highest BCUT2D eigenvalue weighted by Gasteiger charge is 2.42. The van der Waals surface area contributed by atoms with Gasteiger partial charge in [0.25, 0.3) is 0 Å². The van der Waals surface area contributed by atoms with E-state index in [1.54, 1.807) is 0 Å². The molecule has 0 spiro atoms. The Morgan fingerprint density at radius 3 is 2.05 bits per heavy atom. The summed E-state index contributed by atoms with van der Waals surface area (Å²) in [5.74, 6) is 0.936. The van der Waals surface area contributed by atoms with E-state index in [-0.39, 0.29) is 5.41 Å². The van der Waals surface area contributed by atoms with Crippen molar-refractivity contribution >= 4 is 0 Å². The van der Waals surface area contributed by atoms with Gasteiger partial charge in [-0.15, -0.1) is 0 Å². The zero-order valence-electron chi connectivity index (χ0n) is 14.2. The molecule has 0 heterocycles. The zero-order valence-corrected chi connectivity index (χ0v) is 14.2. The lowest BCUT2D eigenvalue weighted by molar-refractivity contribution is 0.255. The maximum Gasteiger partial charge on any atom is 0.00684 e. The maximum absolute atomic E-state index is 3.77. The molecule has 1 N–H and O–H groups in total. The van der Waals surface area contributed by atoms with Crippen molar-refractivity contribution in [2.24, 2.45) is 11.3 Å². The second kappa shape index (κ2) is 5.43. The molecule has 0 aliphatic heterocycles. The van der Waals surface area contributed by atoms with Crippen LogP contribution < -0.4 is 5.32 Å². The van der Waals surface area contributed by atoms with E-state index in [1.165, 1.54) is 49.8 Å². The van der Waals surface area contributed by atoms with Crippen molar-refractivity contribution in [3.63, 3.8) is 0 Å². The summed E-state index contributed by atoms with van der Waals surface area (Å²) in [4.78, 5) is 0. The van der Waals surface area contributed by atoms with E-state index in [0.29, 0.717) is 5.41 Å². The topological polar surface area (TPSA) is 12.0 Å². The zero-order chi connectivity index (χ0) is 15.1. The first-order valence-corrected chi connectivity index (χ1v) is 8.70. The second-order valence-electron chi connectivity index (χ2n) is 8.71. The highest BCUT2D eigenvalue weighted by atomic mass is 15.0. The molecule has 1 aromatic carbocycles. The minimum absolute atomic E-state index is 0.256. The fourth-order valence-electron chi connectivity index (χ4n) is 3.39. The summed E-state index contributed by atoms with van der Waals surface area (Å²) in [7, 11) is 0. The van der Waals surface area contributed by atoms with Crippen LogP contribution in [0, 0.1) is 11.3 Å². The molecule has 0 bridgehead atoms. The van der Waals surface area contributed by atoms with Gasteiger partial charge in [-0.2, -0.15) is 0 Å². The highest BCUT2D eigenvalue weighted by molar-refractivity contribution is 5.28. The molecular formula is C20H31N. The summed E-state index contributed by atoms with van der Waals surface area (Å²) < 4.78 is 0. The van der Waals surface area contributed by atoms with Crippen LogP contribution in [-0.2, 0) is 11.8 Å². The Morgan fingerprint density at radius 2 is 1.57 bits per heavy atom. The molecule has 1 atom stereocenters. The molecule has 2 fully saturated rings. The molecule has 1 heteroatoms. The van der Waals surface area contributed by atoms with Crippen molar-refractivity contribution < 1.29 is 0 Å². The van der Waals surface area contributed by atoms with E-state index in [0.717, 1.165) is 12.0 Å². The van der Waals surface area contributed by atoms with Crippen molar-refractivity contribution in [2.45, 2.75) is 71.3 Å². The highest BCUT2D eigenvalue weighted by Crippen LogP contribution is 2.47. The predicted molar refractivity (Wildman–Crippen MR) is 90.7 cm³/mol. The monoisotopic (exact) mass is 285 g/mol. The number of nitrogens with one attached hydrogen (secondary N) is 1. The van der Waals surface area contributed by atoms with Gasteiger partial charge in [-0.25, -0.2) is 0 Å². The van der Waals surface area contributed by atoms with Gasteiger partial charge in [0.15, 0.2) is 0 Å². The van der Waals surface area contributed by atoms with Crippen molar-refractivity contribution in [1.82, 2.24) is 5.32 Å². The van der Waals surface area contributed by atoms with E-state index < -0.39 is 0 Å². The van der Waals surface area contributed by atoms with Crippen LogP contribution >= 0.6 is 0 Å². The third-order valence-electron chi connectivity index (χ3n) is 5.36. The molecule has 2 saturated carbocycles. The molecular weight excluding hydrogens is 254 g/mol. The van der Waals surface area contributed by atoms with Gasteiger partial charge in [0.2, 0.25) is 0 Å². The molecule has 0 amide bonds. The molecule has 1 aromatic rings. The summed E-state index contributed by atoms with van der Waals surface area (Å²) in [5.41, 5.74) is 3.66. The second-order valence-corrected chi connectivity index (χ2v) is 8.71. The molecule has 0 radical (unpaired) electrons. The Labute approximate surface area is 130 Å². The number of hydrogen-bond acceptors (Lipinski definition) is 1. The summed E-state index contributed by atoms with van der Waals surface area (Å²) in [6, 6.07) is 10.2. The molecule has 2 aliphatic carbocycles. The fourth-order valence-corrected chi connectivity index (χ4v) is 3.39. The van der Waals surface area contributed by atoms with Crippen LogP contribution in [0.4, 0.5) is 0 Å². The predicted octanol–water partition coefficient (Wildman–Crippen LogP) is 4.69. The van der Waals surface area contributed by atoms with Gasteiger partial charge >= 0.3 is 0 Å². The maximum atomic E-state index is 3.77. The average molecular weight is 285 g/mol. The molecule has 116 valence electrons. The number of rotatable bonds is 6. The molecule has 21 heavy (non-hydrogen) atoms. The first-order chi connectivity index (χ1) is 9.87. The van der Waals surface area contributed by atoms with Crippen LogP contribution in [0.1, 0.15) is 64.5 Å². The van der Waals surface area contributed by atoms with Crippen LogP contribution in [-0.4, -0.2) is 12.6 Å². The molecule has 2 aliphatic rings. The minimum Gasteiger partial charge on any atom is -0.313 e. The lowest BCUT2D eigenvalue weighted by atomic mass is 9.78. The van der Waals surface area contributed by atoms with Crippen molar-refractivity contribution in [3.05, 3.63) is 35.4 Å². The van der Waals surface area contributed by atoms with Gasteiger partial charge < -0.3 is 5.32 Å². The number of benzene rings is 1. The molecule has 0 aromatic heterocycles. The third-order valence-corrected chi connectivity index (χ3v) is 5.36. The summed E-state index contributed by atoms with van der Waals surface area (Å²) in [6.07, 6.45) is 6.87. The lowest BCUT2D eigenvalue weighted by Gasteiger charge is -2.31. The van der Waals surface area contributed by atoms with E-state index in [1.807, 2.05) is 0 Å². The molecule has 3 rings (SSSR count). The first-order valence-electron chi connectivity index (χ1n) is 8.70. The van der Waals surface area contributed by atoms with Crippen LogP contribution in [0.2, 0.25) is 0 Å². The fraction of sp³-hybridized carbons (Fsp3) is 0.700. The smallest absolute Gasteiger partial charge is 0.00684 e. The largest absolute Gasteiger partial charge is 0.313 e. The van der Waals surface area contributed by atoms with Crippen LogP contribution in [0.3, 0.4) is 0 Å². The normalized spacial score (nSPS) is 22.1. The Kier molecular flexibility index (Phi) is 3.90. The SMILES string of the molecule is CC(C)(C)c1ccc(CC(C)(CNC2CC2)C2CC2)cc1. The molecule has 0 saturated heterocycles. The Balaban J connectivity index is 1.67. The van der Waals surface area contributed by atoms with E-state index in [2.05, 4.69) is 57.3 Å². The third kappa shape index (κ3) is 3.88. The van der Waals surface area contributed by atoms with E-state index in [9.17, 15) is 0 Å². The van der Waals surface area contributed by atoms with Gasteiger partial charge in [0.05, 0.1) is 0 Å². The number of hydrogen-bond donors (Lipinski definition) is 1. The summed E-state index contributed by atoms with van der Waals surface area (Å²) >= 11 is 0. The van der Waals surface area contributed by atoms with Gasteiger partial charge in [-0.1, -0.05) is 52.0 Å². The van der Waals surface area contributed by atoms with Gasteiger partial charge in [-0.3, -0.25) is 0 Å². The molecule has 1 unspecified atom stereocenters. The Morgan fingerprint density at radius 1 is 0.952 bits per heavy atom. The van der Waals surface area contributed by atoms with E-state index in [4.69, 9.17) is 0 Å². The lowest BCUT2D eigenvalue weighted by Crippen LogP contribution is -2.36. The first kappa shape index (κ1) is 15.1. The van der Waals surface area contributed by atoms with Crippen LogP contribution in [0.25, 0.3) is 0 Å². The molecule has 1 nitrogen and oxygen atoms in total. The summed E-state index contributed by atoms with van der Waals surface area (Å²) in [6.45, 7) is 10.6. The van der Waals surface area contributed by atoms with E-state index >= 15 is 0 Å². The van der Waals surface area contributed by atoms with Crippen molar-refractivity contribution in [2.75, 3.05) is 6.54 Å².